The fraction of sp³-hybridized carbons (Fsp3) is 0.0435. The summed E-state index contributed by atoms with van der Waals surface area (Å²) in [6.45, 7) is 0. The van der Waals surface area contributed by atoms with Gasteiger partial charge in [-0.25, -0.2) is 13.2 Å². The van der Waals surface area contributed by atoms with Gasteiger partial charge in [-0.3, -0.25) is 14.8 Å². The van der Waals surface area contributed by atoms with Crippen molar-refractivity contribution < 1.29 is 23.3 Å². The Morgan fingerprint density at radius 3 is 2.26 bits per heavy atom. The second-order valence-electron chi connectivity index (χ2n) is 6.94. The number of aromatic nitrogens is 1. The van der Waals surface area contributed by atoms with Gasteiger partial charge >= 0.3 is 5.91 Å². The molecule has 0 aliphatic heterocycles. The number of nitrogens with one attached hydrogen (secondary N) is 2. The Morgan fingerprint density at radius 1 is 0.903 bits per heavy atom. The first kappa shape index (κ1) is 20.5. The van der Waals surface area contributed by atoms with Crippen LogP contribution in [0.5, 0.6) is 0 Å². The van der Waals surface area contributed by atoms with Crippen LogP contribution in [0.15, 0.2) is 83.9 Å². The number of hydrogen-bond acceptors (Lipinski definition) is 4. The Kier molecular flexibility index (Phi) is 5.41. The number of aromatic amines is 1. The highest BCUT2D eigenvalue weighted by atomic mass is 32.2. The number of benzene rings is 3. The lowest BCUT2D eigenvalue weighted by molar-refractivity contribution is -0.532. The minimum atomic E-state index is -3.84. The number of hydrogen-bond donors (Lipinski definition) is 3. The predicted molar refractivity (Wildman–Crippen MR) is 118 cm³/mol. The number of anilines is 1. The van der Waals surface area contributed by atoms with Gasteiger partial charge in [-0.1, -0.05) is 42.5 Å². The summed E-state index contributed by atoms with van der Waals surface area (Å²) in [5.74, 6) is -1.27. The maximum atomic E-state index is 12.9. The number of quaternary nitrogens is 1. The van der Waals surface area contributed by atoms with Gasteiger partial charge in [0.2, 0.25) is 0 Å². The van der Waals surface area contributed by atoms with E-state index in [-0.39, 0.29) is 10.5 Å². The molecule has 31 heavy (non-hydrogen) atoms. The van der Waals surface area contributed by atoms with Crippen LogP contribution in [0.1, 0.15) is 10.4 Å². The summed E-state index contributed by atoms with van der Waals surface area (Å²) in [5, 5.41) is 1.67. The maximum absolute atomic E-state index is 12.9. The molecule has 0 saturated carbocycles. The van der Waals surface area contributed by atoms with E-state index in [2.05, 4.69) is 9.71 Å². The van der Waals surface area contributed by atoms with E-state index < -0.39 is 21.7 Å². The third kappa shape index (κ3) is 4.11. The lowest BCUT2D eigenvalue weighted by Crippen LogP contribution is -2.85. The SMILES string of the molecule is C[NH2+]C(=O)C(=O)c1c[nH]c2ccc(NS(=O)(=O)c3ccc(-c4ccccc4)cc3)cc12. The van der Waals surface area contributed by atoms with Crippen molar-refractivity contribution in [2.24, 2.45) is 0 Å². The molecule has 0 bridgehead atoms. The molecule has 156 valence electrons. The Labute approximate surface area is 179 Å². The topological polar surface area (TPSA) is 113 Å². The molecule has 7 nitrogen and oxygen atoms in total. The Morgan fingerprint density at radius 2 is 1.58 bits per heavy atom. The molecule has 4 aromatic rings. The number of fused-ring (bicyclic) bond motifs is 1. The molecule has 1 amide bonds. The lowest BCUT2D eigenvalue weighted by atomic mass is 10.1. The van der Waals surface area contributed by atoms with Crippen LogP contribution >= 0.6 is 0 Å². The quantitative estimate of drug-likeness (QED) is 0.320. The van der Waals surface area contributed by atoms with Crippen LogP contribution in [0.2, 0.25) is 0 Å². The number of amides is 1. The van der Waals surface area contributed by atoms with E-state index in [0.29, 0.717) is 16.6 Å². The third-order valence-corrected chi connectivity index (χ3v) is 6.33. The molecule has 4 rings (SSSR count). The van der Waals surface area contributed by atoms with Crippen molar-refractivity contribution in [1.29, 1.82) is 0 Å². The van der Waals surface area contributed by atoms with Gasteiger partial charge in [0.05, 0.1) is 17.5 Å². The number of Topliss-reactive ketones (excluding diaryl/α,β-unsaturated/α-hetero) is 1. The van der Waals surface area contributed by atoms with Gasteiger partial charge in [-0.15, -0.1) is 0 Å². The van der Waals surface area contributed by atoms with Gasteiger partial charge in [0, 0.05) is 22.8 Å². The highest BCUT2D eigenvalue weighted by molar-refractivity contribution is 7.92. The molecule has 0 atom stereocenters. The average Bonchev–Trinajstić information content (AvgIpc) is 3.21. The first-order chi connectivity index (χ1) is 14.9. The van der Waals surface area contributed by atoms with E-state index in [1.54, 1.807) is 36.4 Å². The van der Waals surface area contributed by atoms with Crippen LogP contribution in [-0.4, -0.2) is 32.1 Å². The van der Waals surface area contributed by atoms with Crippen LogP contribution in [0.3, 0.4) is 0 Å². The van der Waals surface area contributed by atoms with Gasteiger partial charge in [0.15, 0.2) is 0 Å². The third-order valence-electron chi connectivity index (χ3n) is 4.94. The molecule has 0 radical (unpaired) electrons. The number of carbonyl (C=O) groups excluding carboxylic acids is 2. The van der Waals surface area contributed by atoms with Crippen LogP contribution in [0.25, 0.3) is 22.0 Å². The number of ketones is 1. The van der Waals surface area contributed by atoms with E-state index in [1.165, 1.54) is 24.6 Å². The number of nitrogens with two attached hydrogens (primary N) is 1. The lowest BCUT2D eigenvalue weighted by Gasteiger charge is -2.09. The van der Waals surface area contributed by atoms with Crippen molar-refractivity contribution in [2.75, 3.05) is 11.8 Å². The van der Waals surface area contributed by atoms with Crippen LogP contribution in [0, 0.1) is 0 Å². The van der Waals surface area contributed by atoms with Crippen molar-refractivity contribution in [3.8, 4) is 11.1 Å². The zero-order valence-corrected chi connectivity index (χ0v) is 17.4. The predicted octanol–water partition coefficient (Wildman–Crippen LogP) is 2.54. The molecule has 0 aliphatic carbocycles. The highest BCUT2D eigenvalue weighted by Crippen LogP contribution is 2.26. The Balaban J connectivity index is 1.62. The van der Waals surface area contributed by atoms with E-state index in [1.807, 2.05) is 30.3 Å². The minimum Gasteiger partial charge on any atom is -0.360 e. The minimum absolute atomic E-state index is 0.119. The number of primary amides is 1. The van der Waals surface area contributed by atoms with E-state index in [9.17, 15) is 18.0 Å². The zero-order valence-electron chi connectivity index (χ0n) is 16.6. The van der Waals surface area contributed by atoms with Crippen molar-refractivity contribution in [2.45, 2.75) is 4.90 Å². The molecule has 1 heterocycles. The molecule has 3 aromatic carbocycles. The molecular weight excluding hydrogens is 414 g/mol. The molecule has 0 saturated heterocycles. The van der Waals surface area contributed by atoms with Gasteiger partial charge in [-0.05, 0) is 41.5 Å². The fourth-order valence-electron chi connectivity index (χ4n) is 3.31. The van der Waals surface area contributed by atoms with Crippen LogP contribution in [0.4, 0.5) is 5.69 Å². The van der Waals surface area contributed by atoms with Gasteiger partial charge in [0.25, 0.3) is 15.8 Å². The van der Waals surface area contributed by atoms with E-state index in [0.717, 1.165) is 11.1 Å². The zero-order chi connectivity index (χ0) is 22.0. The number of sulfonamides is 1. The molecular formula is C23H20N3O4S+. The van der Waals surface area contributed by atoms with Crippen LogP contribution in [-0.2, 0) is 14.8 Å². The fourth-order valence-corrected chi connectivity index (χ4v) is 4.36. The Hall–Kier alpha value is -3.75. The summed E-state index contributed by atoms with van der Waals surface area (Å²) in [4.78, 5) is 27.1. The number of likely N-dealkylation sites (N-methyl/N-ethyl adjacent to an activating group) is 1. The summed E-state index contributed by atoms with van der Waals surface area (Å²) < 4.78 is 28.2. The standard InChI is InChI=1S/C23H19N3O4S/c1-24-23(28)22(27)20-14-25-21-12-9-17(13-19(20)21)26-31(29,30)18-10-7-16(8-11-18)15-5-3-2-4-6-15/h2-14,25-26H,1H3,(H,24,28)/p+1. The number of carbonyl (C=O) groups is 2. The molecule has 1 aromatic heterocycles. The maximum Gasteiger partial charge on any atom is 0.383 e. The highest BCUT2D eigenvalue weighted by Gasteiger charge is 2.22. The summed E-state index contributed by atoms with van der Waals surface area (Å²) in [7, 11) is -2.34. The van der Waals surface area contributed by atoms with Gasteiger partial charge in [0.1, 0.15) is 0 Å². The molecule has 0 spiro atoms. The molecule has 0 unspecified atom stereocenters. The first-order valence-electron chi connectivity index (χ1n) is 9.56. The monoisotopic (exact) mass is 434 g/mol. The van der Waals surface area contributed by atoms with Gasteiger partial charge < -0.3 is 4.98 Å². The van der Waals surface area contributed by atoms with Crippen molar-refractivity contribution in [1.82, 2.24) is 4.98 Å². The molecule has 0 fully saturated rings. The summed E-state index contributed by atoms with van der Waals surface area (Å²) >= 11 is 0. The molecule has 4 N–H and O–H groups in total. The number of rotatable bonds is 6. The number of H-pyrrole nitrogens is 1. The largest absolute Gasteiger partial charge is 0.383 e. The Bertz CT molecular complexity index is 1380. The normalized spacial score (nSPS) is 11.4. The van der Waals surface area contributed by atoms with E-state index in [4.69, 9.17) is 0 Å². The van der Waals surface area contributed by atoms with E-state index >= 15 is 0 Å². The smallest absolute Gasteiger partial charge is 0.360 e. The second kappa shape index (κ2) is 8.17. The molecule has 0 aliphatic rings. The van der Waals surface area contributed by atoms with Crippen molar-refractivity contribution in [3.63, 3.8) is 0 Å². The van der Waals surface area contributed by atoms with Crippen LogP contribution < -0.4 is 10.0 Å². The average molecular weight is 434 g/mol. The van der Waals surface area contributed by atoms with Crippen molar-refractivity contribution >= 4 is 38.3 Å². The first-order valence-corrected chi connectivity index (χ1v) is 11.0. The summed E-state index contributed by atoms with van der Waals surface area (Å²) in [6.07, 6.45) is 1.45. The second-order valence-corrected chi connectivity index (χ2v) is 8.62. The summed E-state index contributed by atoms with van der Waals surface area (Å²) in [5.41, 5.74) is 3.03. The summed E-state index contributed by atoms with van der Waals surface area (Å²) in [6, 6.07) is 21.1. The van der Waals surface area contributed by atoms with Crippen molar-refractivity contribution in [3.05, 3.63) is 84.6 Å². The molecule has 8 heteroatoms. The van der Waals surface area contributed by atoms with Gasteiger partial charge in [-0.2, -0.15) is 0 Å².